The van der Waals surface area contributed by atoms with E-state index in [0.717, 1.165) is 43.3 Å². The van der Waals surface area contributed by atoms with E-state index in [1.54, 1.807) is 6.26 Å². The second-order valence-electron chi connectivity index (χ2n) is 4.81. The molecule has 0 radical (unpaired) electrons. The summed E-state index contributed by atoms with van der Waals surface area (Å²) >= 11 is 0. The molecule has 1 atom stereocenters. The van der Waals surface area contributed by atoms with Gasteiger partial charge in [-0.1, -0.05) is 5.16 Å². The summed E-state index contributed by atoms with van der Waals surface area (Å²) in [5, 5.41) is 7.44. The fraction of sp³-hybridized carbons (Fsp3) is 0.538. The van der Waals surface area contributed by atoms with Gasteiger partial charge in [0.15, 0.2) is 5.82 Å². The van der Waals surface area contributed by atoms with Crippen LogP contribution in [0.15, 0.2) is 21.3 Å². The second kappa shape index (κ2) is 5.14. The second-order valence-corrected chi connectivity index (χ2v) is 4.81. The number of aromatic nitrogens is 2. The van der Waals surface area contributed by atoms with Crippen LogP contribution < -0.4 is 5.32 Å². The van der Waals surface area contributed by atoms with Crippen LogP contribution in [0.1, 0.15) is 24.6 Å². The third-order valence-corrected chi connectivity index (χ3v) is 3.60. The first-order valence-electron chi connectivity index (χ1n) is 6.58. The summed E-state index contributed by atoms with van der Waals surface area (Å²) in [6.07, 6.45) is 1.63. The molecule has 0 spiro atoms. The molecule has 102 valence electrons. The maximum atomic E-state index is 5.34. The van der Waals surface area contributed by atoms with Crippen molar-refractivity contribution in [3.63, 3.8) is 0 Å². The van der Waals surface area contributed by atoms with Gasteiger partial charge in [-0.25, -0.2) is 0 Å². The molecule has 19 heavy (non-hydrogen) atoms. The number of aryl methyl sites for hydroxylation is 1. The maximum Gasteiger partial charge on any atom is 0.261 e. The minimum Gasteiger partial charge on any atom is -0.469 e. The first kappa shape index (κ1) is 12.4. The first-order valence-corrected chi connectivity index (χ1v) is 6.58. The van der Waals surface area contributed by atoms with Crippen molar-refractivity contribution >= 4 is 0 Å². The third kappa shape index (κ3) is 2.41. The number of nitrogens with one attached hydrogen (secondary N) is 1. The molecular formula is C13H18N4O2. The molecular weight excluding hydrogens is 244 g/mol. The van der Waals surface area contributed by atoms with Gasteiger partial charge < -0.3 is 14.3 Å². The Kier molecular flexibility index (Phi) is 3.35. The summed E-state index contributed by atoms with van der Waals surface area (Å²) in [6.45, 7) is 8.04. The molecule has 1 saturated heterocycles. The Morgan fingerprint density at radius 3 is 2.84 bits per heavy atom. The van der Waals surface area contributed by atoms with Crippen LogP contribution in [0.4, 0.5) is 0 Å². The summed E-state index contributed by atoms with van der Waals surface area (Å²) in [7, 11) is 0. The summed E-state index contributed by atoms with van der Waals surface area (Å²) in [4.78, 5) is 6.84. The van der Waals surface area contributed by atoms with Crippen LogP contribution in [-0.2, 0) is 0 Å². The Morgan fingerprint density at radius 1 is 1.37 bits per heavy atom. The lowest BCUT2D eigenvalue weighted by Crippen LogP contribution is -2.44. The zero-order valence-corrected chi connectivity index (χ0v) is 11.2. The largest absolute Gasteiger partial charge is 0.469 e. The molecule has 0 amide bonds. The predicted octanol–water partition coefficient (Wildman–Crippen LogP) is 1.60. The quantitative estimate of drug-likeness (QED) is 0.906. The number of hydrogen-bond donors (Lipinski definition) is 1. The molecule has 6 heteroatoms. The molecule has 0 aliphatic carbocycles. The Hall–Kier alpha value is -1.66. The molecule has 3 rings (SSSR count). The van der Waals surface area contributed by atoms with Gasteiger partial charge in [0.2, 0.25) is 0 Å². The summed E-state index contributed by atoms with van der Waals surface area (Å²) < 4.78 is 10.6. The first-order chi connectivity index (χ1) is 9.25. The van der Waals surface area contributed by atoms with Crippen LogP contribution in [0, 0.1) is 6.92 Å². The van der Waals surface area contributed by atoms with E-state index in [1.165, 1.54) is 0 Å². The van der Waals surface area contributed by atoms with Crippen molar-refractivity contribution in [1.82, 2.24) is 20.4 Å². The van der Waals surface area contributed by atoms with E-state index in [1.807, 2.05) is 13.0 Å². The van der Waals surface area contributed by atoms with Crippen LogP contribution in [0.5, 0.6) is 0 Å². The fourth-order valence-corrected chi connectivity index (χ4v) is 2.35. The zero-order valence-electron chi connectivity index (χ0n) is 11.2. The average molecular weight is 262 g/mol. The fourth-order valence-electron chi connectivity index (χ4n) is 2.35. The standard InChI is InChI=1S/C13H18N4O2/c1-9(17-6-4-14-5-7-17)12-15-13(19-16-12)11-3-8-18-10(11)2/h3,8-9,14H,4-7H2,1-2H3. The van der Waals surface area contributed by atoms with Crippen LogP contribution in [0.2, 0.25) is 0 Å². The SMILES string of the molecule is Cc1occc1-c1nc(C(C)N2CCNCC2)no1. The monoisotopic (exact) mass is 262 g/mol. The minimum atomic E-state index is 0.173. The highest BCUT2D eigenvalue weighted by Crippen LogP contribution is 2.25. The van der Waals surface area contributed by atoms with Gasteiger partial charge in [0, 0.05) is 26.2 Å². The number of nitrogens with zero attached hydrogens (tertiary/aromatic N) is 3. The zero-order chi connectivity index (χ0) is 13.2. The van der Waals surface area contributed by atoms with Gasteiger partial charge in [-0.15, -0.1) is 0 Å². The number of rotatable bonds is 3. The molecule has 3 heterocycles. The topological polar surface area (TPSA) is 67.3 Å². The van der Waals surface area contributed by atoms with E-state index in [2.05, 4.69) is 27.3 Å². The van der Waals surface area contributed by atoms with Gasteiger partial charge in [0.25, 0.3) is 5.89 Å². The highest BCUT2D eigenvalue weighted by Gasteiger charge is 2.23. The lowest BCUT2D eigenvalue weighted by molar-refractivity contribution is 0.176. The van der Waals surface area contributed by atoms with E-state index in [9.17, 15) is 0 Å². The Balaban J connectivity index is 1.79. The van der Waals surface area contributed by atoms with Crippen molar-refractivity contribution in [2.75, 3.05) is 26.2 Å². The van der Waals surface area contributed by atoms with Gasteiger partial charge >= 0.3 is 0 Å². The van der Waals surface area contributed by atoms with Crippen molar-refractivity contribution in [2.45, 2.75) is 19.9 Å². The van der Waals surface area contributed by atoms with Gasteiger partial charge in [0.1, 0.15) is 5.76 Å². The van der Waals surface area contributed by atoms with Crippen molar-refractivity contribution in [3.8, 4) is 11.5 Å². The molecule has 6 nitrogen and oxygen atoms in total. The molecule has 2 aromatic rings. The van der Waals surface area contributed by atoms with Gasteiger partial charge in [-0.3, -0.25) is 4.90 Å². The van der Waals surface area contributed by atoms with Crippen LogP contribution in [0.3, 0.4) is 0 Å². The van der Waals surface area contributed by atoms with E-state index in [-0.39, 0.29) is 6.04 Å². The lowest BCUT2D eigenvalue weighted by Gasteiger charge is -2.30. The van der Waals surface area contributed by atoms with Crippen LogP contribution in [0.25, 0.3) is 11.5 Å². The summed E-state index contributed by atoms with van der Waals surface area (Å²) in [6, 6.07) is 2.02. The highest BCUT2D eigenvalue weighted by molar-refractivity contribution is 5.54. The molecule has 0 saturated carbocycles. The number of piperazine rings is 1. The smallest absolute Gasteiger partial charge is 0.261 e. The Labute approximate surface area is 111 Å². The average Bonchev–Trinajstić information content (AvgIpc) is 3.07. The van der Waals surface area contributed by atoms with Gasteiger partial charge in [0.05, 0.1) is 17.9 Å². The molecule has 1 aliphatic rings. The van der Waals surface area contributed by atoms with E-state index < -0.39 is 0 Å². The van der Waals surface area contributed by atoms with Crippen molar-refractivity contribution in [1.29, 1.82) is 0 Å². The lowest BCUT2D eigenvalue weighted by atomic mass is 10.2. The highest BCUT2D eigenvalue weighted by atomic mass is 16.5. The summed E-state index contributed by atoms with van der Waals surface area (Å²) in [5.41, 5.74) is 0.867. The van der Waals surface area contributed by atoms with Gasteiger partial charge in [-0.05, 0) is 19.9 Å². The molecule has 1 aliphatic heterocycles. The number of hydrogen-bond acceptors (Lipinski definition) is 6. The molecule has 1 fully saturated rings. The Morgan fingerprint density at radius 2 is 2.16 bits per heavy atom. The minimum absolute atomic E-state index is 0.173. The molecule has 1 unspecified atom stereocenters. The third-order valence-electron chi connectivity index (χ3n) is 3.60. The van der Waals surface area contributed by atoms with Gasteiger partial charge in [-0.2, -0.15) is 4.98 Å². The van der Waals surface area contributed by atoms with Crippen molar-refractivity contribution in [2.24, 2.45) is 0 Å². The molecule has 2 aromatic heterocycles. The normalized spacial score (nSPS) is 18.6. The summed E-state index contributed by atoms with van der Waals surface area (Å²) in [5.74, 6) is 2.06. The predicted molar refractivity (Wildman–Crippen MR) is 69.6 cm³/mol. The van der Waals surface area contributed by atoms with Crippen molar-refractivity contribution < 1.29 is 8.94 Å². The maximum absolute atomic E-state index is 5.34. The van der Waals surface area contributed by atoms with E-state index in [0.29, 0.717) is 5.89 Å². The molecule has 0 aromatic carbocycles. The van der Waals surface area contributed by atoms with Crippen LogP contribution >= 0.6 is 0 Å². The Bertz CT molecular complexity index is 542. The molecule has 0 bridgehead atoms. The van der Waals surface area contributed by atoms with Crippen molar-refractivity contribution in [3.05, 3.63) is 23.9 Å². The van der Waals surface area contributed by atoms with Crippen LogP contribution in [-0.4, -0.2) is 41.2 Å². The van der Waals surface area contributed by atoms with E-state index in [4.69, 9.17) is 8.94 Å². The number of furan rings is 1. The van der Waals surface area contributed by atoms with E-state index >= 15 is 0 Å². The molecule has 1 N–H and O–H groups in total.